The second-order valence-corrected chi connectivity index (χ2v) is 10.2. The molecule has 4 rings (SSSR count). The van der Waals surface area contributed by atoms with E-state index in [-0.39, 0.29) is 12.4 Å². The van der Waals surface area contributed by atoms with Crippen LogP contribution in [0, 0.1) is 17.8 Å². The van der Waals surface area contributed by atoms with Gasteiger partial charge in [-0.25, -0.2) is 0 Å². The van der Waals surface area contributed by atoms with Gasteiger partial charge in [0.15, 0.2) is 0 Å². The molecule has 0 amide bonds. The maximum Gasteiger partial charge on any atom is 0.573 e. The van der Waals surface area contributed by atoms with Crippen molar-refractivity contribution in [2.45, 2.75) is 90.0 Å². The normalized spacial score (nSPS) is 25.6. The first-order valence-electron chi connectivity index (χ1n) is 13.0. The van der Waals surface area contributed by atoms with E-state index in [1.807, 2.05) is 12.1 Å². The molecule has 0 heterocycles. The van der Waals surface area contributed by atoms with E-state index in [1.54, 1.807) is 12.1 Å². The highest BCUT2D eigenvalue weighted by molar-refractivity contribution is 5.32. The van der Waals surface area contributed by atoms with E-state index in [9.17, 15) is 13.2 Å². The van der Waals surface area contributed by atoms with Gasteiger partial charge in [-0.2, -0.15) is 0 Å². The summed E-state index contributed by atoms with van der Waals surface area (Å²) in [5, 5.41) is 0. The number of rotatable bonds is 8. The van der Waals surface area contributed by atoms with Crippen molar-refractivity contribution in [1.82, 2.24) is 0 Å². The third kappa shape index (κ3) is 7.16. The van der Waals surface area contributed by atoms with Crippen molar-refractivity contribution in [2.24, 2.45) is 17.8 Å². The first-order chi connectivity index (χ1) is 16.4. The van der Waals surface area contributed by atoms with Crippen molar-refractivity contribution in [3.8, 4) is 11.5 Å². The van der Waals surface area contributed by atoms with Crippen LogP contribution in [-0.2, 0) is 6.61 Å². The van der Waals surface area contributed by atoms with Crippen molar-refractivity contribution in [2.75, 3.05) is 0 Å². The van der Waals surface area contributed by atoms with Crippen LogP contribution in [0.25, 0.3) is 0 Å². The first-order valence-corrected chi connectivity index (χ1v) is 13.0. The summed E-state index contributed by atoms with van der Waals surface area (Å²) in [6, 6.07) is 14.2. The van der Waals surface area contributed by atoms with Gasteiger partial charge in [0.2, 0.25) is 0 Å². The molecule has 0 N–H and O–H groups in total. The van der Waals surface area contributed by atoms with Gasteiger partial charge in [-0.05, 0) is 97.6 Å². The molecule has 0 aromatic heterocycles. The van der Waals surface area contributed by atoms with Gasteiger partial charge in [0.1, 0.15) is 18.1 Å². The van der Waals surface area contributed by atoms with Crippen LogP contribution in [0.4, 0.5) is 13.2 Å². The summed E-state index contributed by atoms with van der Waals surface area (Å²) < 4.78 is 47.3. The van der Waals surface area contributed by atoms with Crippen molar-refractivity contribution in [1.29, 1.82) is 0 Å². The lowest BCUT2D eigenvalue weighted by Gasteiger charge is -2.38. The molecular weight excluding hydrogens is 437 g/mol. The second-order valence-electron chi connectivity index (χ2n) is 10.2. The summed E-state index contributed by atoms with van der Waals surface area (Å²) in [6.45, 7) is 2.50. The third-order valence-corrected chi connectivity index (χ3v) is 7.89. The minimum Gasteiger partial charge on any atom is -0.489 e. The highest BCUT2D eigenvalue weighted by atomic mass is 19.4. The monoisotopic (exact) mass is 474 g/mol. The lowest BCUT2D eigenvalue weighted by molar-refractivity contribution is -0.274. The molecule has 0 saturated heterocycles. The van der Waals surface area contributed by atoms with Crippen LogP contribution in [0.5, 0.6) is 11.5 Å². The van der Waals surface area contributed by atoms with Crippen LogP contribution in [0.15, 0.2) is 48.5 Å². The highest BCUT2D eigenvalue weighted by Crippen LogP contribution is 2.44. The van der Waals surface area contributed by atoms with E-state index in [0.717, 1.165) is 23.5 Å². The first kappa shape index (κ1) is 24.9. The smallest absolute Gasteiger partial charge is 0.489 e. The summed E-state index contributed by atoms with van der Waals surface area (Å²) in [5.41, 5.74) is 1.96. The lowest BCUT2D eigenvalue weighted by atomic mass is 9.68. The van der Waals surface area contributed by atoms with Crippen molar-refractivity contribution in [3.63, 3.8) is 0 Å². The molecule has 0 spiro atoms. The molecular formula is C29H37F3O2. The summed E-state index contributed by atoms with van der Waals surface area (Å²) in [6.07, 6.45) is 8.88. The molecule has 2 saturated carbocycles. The predicted octanol–water partition coefficient (Wildman–Crippen LogP) is 9.04. The van der Waals surface area contributed by atoms with Gasteiger partial charge in [0.25, 0.3) is 0 Å². The summed E-state index contributed by atoms with van der Waals surface area (Å²) in [5.74, 6) is 3.90. The zero-order chi connectivity index (χ0) is 24.0. The Morgan fingerprint density at radius 3 is 2.12 bits per heavy atom. The molecule has 0 aliphatic heterocycles. The van der Waals surface area contributed by atoms with Gasteiger partial charge in [0, 0.05) is 0 Å². The average Bonchev–Trinajstić information content (AvgIpc) is 2.83. The van der Waals surface area contributed by atoms with Gasteiger partial charge in [0.05, 0.1) is 0 Å². The molecule has 0 radical (unpaired) electrons. The number of alkyl halides is 3. The number of benzene rings is 2. The van der Waals surface area contributed by atoms with Crippen LogP contribution < -0.4 is 9.47 Å². The van der Waals surface area contributed by atoms with Crippen molar-refractivity contribution >= 4 is 0 Å². The Morgan fingerprint density at radius 1 is 0.794 bits per heavy atom. The number of halogens is 3. The third-order valence-electron chi connectivity index (χ3n) is 7.89. The van der Waals surface area contributed by atoms with Gasteiger partial charge < -0.3 is 9.47 Å². The molecule has 0 bridgehead atoms. The Labute approximate surface area is 201 Å². The van der Waals surface area contributed by atoms with Crippen LogP contribution in [0.2, 0.25) is 0 Å². The molecule has 2 nitrogen and oxygen atoms in total. The maximum absolute atomic E-state index is 12.5. The molecule has 2 aliphatic rings. The molecule has 0 atom stereocenters. The summed E-state index contributed by atoms with van der Waals surface area (Å²) in [7, 11) is 0. The standard InChI is InChI=1S/C29H37F3O2/c1-2-5-21-10-12-23(13-11-21)24-14-16-25(17-15-24)26-7-4-8-27(19-26)33-20-22-6-3-9-28(18-22)34-29(30,31)32/h3-4,6-9,18-19,21,23-25H,2,5,10-17,20H2,1H3. The second kappa shape index (κ2) is 11.5. The SMILES string of the molecule is CCCC1CCC(C2CCC(c3cccc(OCc4cccc(OC(F)(F)F)c4)c3)CC2)CC1. The molecule has 2 aliphatic carbocycles. The maximum atomic E-state index is 12.5. The molecule has 5 heteroatoms. The van der Waals surface area contributed by atoms with Crippen LogP contribution in [0.1, 0.15) is 88.2 Å². The van der Waals surface area contributed by atoms with Crippen LogP contribution in [-0.4, -0.2) is 6.36 Å². The number of hydrogen-bond donors (Lipinski definition) is 0. The van der Waals surface area contributed by atoms with Gasteiger partial charge in [-0.15, -0.1) is 13.2 Å². The van der Waals surface area contributed by atoms with Crippen LogP contribution >= 0.6 is 0 Å². The van der Waals surface area contributed by atoms with E-state index in [4.69, 9.17) is 4.74 Å². The zero-order valence-corrected chi connectivity index (χ0v) is 20.2. The Hall–Kier alpha value is -2.17. The van der Waals surface area contributed by atoms with E-state index >= 15 is 0 Å². The molecule has 2 aromatic carbocycles. The Bertz CT molecular complexity index is 894. The minimum atomic E-state index is -4.69. The summed E-state index contributed by atoms with van der Waals surface area (Å²) in [4.78, 5) is 0. The lowest BCUT2D eigenvalue weighted by Crippen LogP contribution is -2.25. The highest BCUT2D eigenvalue weighted by Gasteiger charge is 2.32. The molecule has 0 unspecified atom stereocenters. The molecule has 186 valence electrons. The topological polar surface area (TPSA) is 18.5 Å². The van der Waals surface area contributed by atoms with E-state index in [0.29, 0.717) is 11.5 Å². The average molecular weight is 475 g/mol. The fraction of sp³-hybridized carbons (Fsp3) is 0.586. The molecule has 2 aromatic rings. The fourth-order valence-corrected chi connectivity index (χ4v) is 6.14. The minimum absolute atomic E-state index is 0.200. The fourth-order valence-electron chi connectivity index (χ4n) is 6.14. The zero-order valence-electron chi connectivity index (χ0n) is 20.2. The van der Waals surface area contributed by atoms with Crippen molar-refractivity contribution < 1.29 is 22.6 Å². The Kier molecular flexibility index (Phi) is 8.44. The predicted molar refractivity (Wildman–Crippen MR) is 129 cm³/mol. The quantitative estimate of drug-likeness (QED) is 0.380. The summed E-state index contributed by atoms with van der Waals surface area (Å²) >= 11 is 0. The largest absolute Gasteiger partial charge is 0.573 e. The van der Waals surface area contributed by atoms with E-state index < -0.39 is 6.36 Å². The van der Waals surface area contributed by atoms with Gasteiger partial charge in [-0.3, -0.25) is 0 Å². The van der Waals surface area contributed by atoms with E-state index in [2.05, 4.69) is 23.8 Å². The molecule has 34 heavy (non-hydrogen) atoms. The number of hydrogen-bond acceptors (Lipinski definition) is 2. The molecule has 2 fully saturated rings. The van der Waals surface area contributed by atoms with Gasteiger partial charge >= 0.3 is 6.36 Å². The van der Waals surface area contributed by atoms with Crippen LogP contribution in [0.3, 0.4) is 0 Å². The number of ether oxygens (including phenoxy) is 2. The van der Waals surface area contributed by atoms with Crippen molar-refractivity contribution in [3.05, 3.63) is 59.7 Å². The Morgan fingerprint density at radius 2 is 1.44 bits per heavy atom. The Balaban J connectivity index is 1.27. The van der Waals surface area contributed by atoms with E-state index in [1.165, 1.54) is 81.9 Å². The van der Waals surface area contributed by atoms with Gasteiger partial charge in [-0.1, -0.05) is 56.9 Å².